The van der Waals surface area contributed by atoms with Crippen molar-refractivity contribution in [3.63, 3.8) is 0 Å². The number of nitrogens with zero attached hydrogens (tertiary/aromatic N) is 2. The molecule has 5 heteroatoms. The molecular weight excluding hydrogens is 254 g/mol. The molecule has 0 spiro atoms. The van der Waals surface area contributed by atoms with Crippen molar-refractivity contribution in [1.82, 2.24) is 9.55 Å². The first-order chi connectivity index (χ1) is 9.63. The lowest BCUT2D eigenvalue weighted by Crippen LogP contribution is -2.21. The van der Waals surface area contributed by atoms with E-state index in [0.717, 1.165) is 35.8 Å². The van der Waals surface area contributed by atoms with E-state index in [1.54, 1.807) is 20.3 Å². The van der Waals surface area contributed by atoms with Gasteiger partial charge in [0.1, 0.15) is 11.3 Å². The molecule has 1 aliphatic heterocycles. The molecule has 104 valence electrons. The maximum atomic E-state index is 7.81. The third kappa shape index (κ3) is 1.86. The molecule has 0 radical (unpaired) electrons. The van der Waals surface area contributed by atoms with Gasteiger partial charge in [-0.05, 0) is 31.0 Å². The fourth-order valence-electron chi connectivity index (χ4n) is 2.75. The minimum Gasteiger partial charge on any atom is -0.493 e. The first kappa shape index (κ1) is 12.7. The molecule has 0 fully saturated rings. The summed E-state index contributed by atoms with van der Waals surface area (Å²) in [5.41, 5.74) is 3.61. The summed E-state index contributed by atoms with van der Waals surface area (Å²) in [5, 5.41) is 7.81. The van der Waals surface area contributed by atoms with Gasteiger partial charge in [-0.1, -0.05) is 0 Å². The first-order valence-corrected chi connectivity index (χ1v) is 6.52. The Labute approximate surface area is 117 Å². The third-order valence-corrected chi connectivity index (χ3v) is 3.73. The summed E-state index contributed by atoms with van der Waals surface area (Å²) in [7, 11) is 3.28. The predicted molar refractivity (Wildman–Crippen MR) is 75.1 cm³/mol. The van der Waals surface area contributed by atoms with Crippen molar-refractivity contribution in [1.29, 1.82) is 5.41 Å². The molecule has 2 aromatic rings. The highest BCUT2D eigenvalue weighted by Crippen LogP contribution is 2.38. The highest BCUT2D eigenvalue weighted by molar-refractivity contribution is 5.70. The van der Waals surface area contributed by atoms with E-state index in [9.17, 15) is 0 Å². The maximum Gasteiger partial charge on any atom is 0.161 e. The van der Waals surface area contributed by atoms with Crippen molar-refractivity contribution >= 4 is 0 Å². The summed E-state index contributed by atoms with van der Waals surface area (Å²) in [5.74, 6) is 2.32. The van der Waals surface area contributed by atoms with Crippen LogP contribution in [0.15, 0.2) is 18.2 Å². The monoisotopic (exact) mass is 271 g/mol. The van der Waals surface area contributed by atoms with Crippen LogP contribution in [0.4, 0.5) is 0 Å². The van der Waals surface area contributed by atoms with Crippen LogP contribution in [-0.2, 0) is 13.0 Å². The van der Waals surface area contributed by atoms with E-state index < -0.39 is 0 Å². The van der Waals surface area contributed by atoms with Crippen molar-refractivity contribution in [2.24, 2.45) is 0 Å². The number of nitrogens with one attached hydrogen (secondary N) is 1. The van der Waals surface area contributed by atoms with Gasteiger partial charge in [-0.25, -0.2) is 4.98 Å². The average Bonchev–Trinajstić information content (AvgIpc) is 2.45. The molecule has 0 saturated carbocycles. The van der Waals surface area contributed by atoms with Crippen LogP contribution in [0.1, 0.15) is 11.4 Å². The lowest BCUT2D eigenvalue weighted by atomic mass is 9.96. The minimum absolute atomic E-state index is 0.288. The zero-order chi connectivity index (χ0) is 14.3. The number of hydrogen-bond acceptors (Lipinski definition) is 4. The number of benzene rings is 1. The van der Waals surface area contributed by atoms with Gasteiger partial charge < -0.3 is 14.0 Å². The summed E-state index contributed by atoms with van der Waals surface area (Å²) in [4.78, 5) is 4.21. The Bertz CT molecular complexity index is 735. The smallest absolute Gasteiger partial charge is 0.161 e. The Kier molecular flexibility index (Phi) is 2.97. The van der Waals surface area contributed by atoms with Crippen molar-refractivity contribution in [3.8, 4) is 22.8 Å². The van der Waals surface area contributed by atoms with E-state index in [1.165, 1.54) is 5.56 Å². The van der Waals surface area contributed by atoms with Gasteiger partial charge in [0.15, 0.2) is 11.5 Å². The van der Waals surface area contributed by atoms with E-state index in [0.29, 0.717) is 5.75 Å². The first-order valence-electron chi connectivity index (χ1n) is 6.52. The lowest BCUT2D eigenvalue weighted by Gasteiger charge is -2.25. The standard InChI is InChI=1S/C15H17N3O2/c1-9-17-15(16)8-12-11-7-14(20-3)13(19-2)6-10(11)4-5-18(9)12/h6-8,16H,4-5H2,1-3H3. The molecule has 5 nitrogen and oxygen atoms in total. The molecule has 0 atom stereocenters. The molecule has 1 aliphatic rings. The SMILES string of the molecule is COc1cc2c(cc1OC)-c1cc(=N)nc(C)n1CC2. The third-order valence-electron chi connectivity index (χ3n) is 3.73. The summed E-state index contributed by atoms with van der Waals surface area (Å²) in [6.07, 6.45) is 0.924. The van der Waals surface area contributed by atoms with Gasteiger partial charge in [0.2, 0.25) is 0 Å². The lowest BCUT2D eigenvalue weighted by molar-refractivity contribution is 0.354. The number of fused-ring (bicyclic) bond motifs is 3. The second kappa shape index (κ2) is 4.67. The summed E-state index contributed by atoms with van der Waals surface area (Å²) in [6, 6.07) is 5.81. The fourth-order valence-corrected chi connectivity index (χ4v) is 2.75. The van der Waals surface area contributed by atoms with Crippen LogP contribution in [0.2, 0.25) is 0 Å². The van der Waals surface area contributed by atoms with Crippen LogP contribution in [0.25, 0.3) is 11.3 Å². The number of hydrogen-bond donors (Lipinski definition) is 1. The van der Waals surface area contributed by atoms with Gasteiger partial charge in [0.05, 0.1) is 19.9 Å². The Morgan fingerprint density at radius 1 is 1.15 bits per heavy atom. The molecule has 3 rings (SSSR count). The summed E-state index contributed by atoms with van der Waals surface area (Å²) >= 11 is 0. The molecule has 0 saturated heterocycles. The molecule has 1 aromatic carbocycles. The van der Waals surface area contributed by atoms with Crippen molar-refractivity contribution in [2.75, 3.05) is 14.2 Å². The molecule has 1 aromatic heterocycles. The van der Waals surface area contributed by atoms with Crippen LogP contribution in [0.3, 0.4) is 0 Å². The maximum absolute atomic E-state index is 7.81. The molecule has 2 heterocycles. The molecule has 0 unspecified atom stereocenters. The molecule has 1 N–H and O–H groups in total. The topological polar surface area (TPSA) is 60.1 Å². The van der Waals surface area contributed by atoms with Gasteiger partial charge in [-0.2, -0.15) is 0 Å². The van der Waals surface area contributed by atoms with Gasteiger partial charge >= 0.3 is 0 Å². The number of ether oxygens (including phenoxy) is 2. The zero-order valence-electron chi connectivity index (χ0n) is 11.9. The van der Waals surface area contributed by atoms with Crippen LogP contribution < -0.4 is 15.0 Å². The Morgan fingerprint density at radius 2 is 1.85 bits per heavy atom. The highest BCUT2D eigenvalue weighted by atomic mass is 16.5. The van der Waals surface area contributed by atoms with Gasteiger partial charge in [-0.3, -0.25) is 5.41 Å². The zero-order valence-corrected chi connectivity index (χ0v) is 11.9. The van der Waals surface area contributed by atoms with Crippen molar-refractivity contribution < 1.29 is 9.47 Å². The quantitative estimate of drug-likeness (QED) is 0.907. The van der Waals surface area contributed by atoms with Crippen LogP contribution >= 0.6 is 0 Å². The number of methoxy groups -OCH3 is 2. The second-order valence-electron chi connectivity index (χ2n) is 4.84. The van der Waals surface area contributed by atoms with Gasteiger partial charge in [-0.15, -0.1) is 0 Å². The summed E-state index contributed by atoms with van der Waals surface area (Å²) in [6.45, 7) is 2.81. The van der Waals surface area contributed by atoms with E-state index in [1.807, 2.05) is 19.1 Å². The Morgan fingerprint density at radius 3 is 2.55 bits per heavy atom. The van der Waals surface area contributed by atoms with Crippen molar-refractivity contribution in [3.05, 3.63) is 35.1 Å². The molecular formula is C15H17N3O2. The second-order valence-corrected chi connectivity index (χ2v) is 4.84. The minimum atomic E-state index is 0.288. The molecule has 0 amide bonds. The highest BCUT2D eigenvalue weighted by Gasteiger charge is 2.20. The van der Waals surface area contributed by atoms with Crippen LogP contribution in [0.5, 0.6) is 11.5 Å². The van der Waals surface area contributed by atoms with Crippen LogP contribution in [-0.4, -0.2) is 23.8 Å². The van der Waals surface area contributed by atoms with Gasteiger partial charge in [0.25, 0.3) is 0 Å². The number of rotatable bonds is 2. The molecule has 20 heavy (non-hydrogen) atoms. The number of aromatic nitrogens is 2. The van der Waals surface area contributed by atoms with Crippen LogP contribution in [0, 0.1) is 12.3 Å². The predicted octanol–water partition coefficient (Wildman–Crippen LogP) is 1.91. The van der Waals surface area contributed by atoms with Gasteiger partial charge in [0, 0.05) is 18.2 Å². The molecule has 0 aliphatic carbocycles. The fraction of sp³-hybridized carbons (Fsp3) is 0.333. The van der Waals surface area contributed by atoms with Crippen molar-refractivity contribution in [2.45, 2.75) is 19.9 Å². The average molecular weight is 271 g/mol. The Balaban J connectivity index is 2.28. The van der Waals surface area contributed by atoms with E-state index >= 15 is 0 Å². The normalized spacial score (nSPS) is 12.6. The van der Waals surface area contributed by atoms with E-state index in [4.69, 9.17) is 14.9 Å². The molecule has 0 bridgehead atoms. The van der Waals surface area contributed by atoms with E-state index in [-0.39, 0.29) is 5.49 Å². The summed E-state index contributed by atoms with van der Waals surface area (Å²) < 4.78 is 12.9. The van der Waals surface area contributed by atoms with E-state index in [2.05, 4.69) is 9.55 Å². The largest absolute Gasteiger partial charge is 0.493 e. The number of aryl methyl sites for hydroxylation is 2. The Hall–Kier alpha value is -2.30.